The molecular weight excluding hydrogens is 232 g/mol. The van der Waals surface area contributed by atoms with Gasteiger partial charge in [-0.3, -0.25) is 0 Å². The zero-order valence-corrected chi connectivity index (χ0v) is 11.2. The Labute approximate surface area is 108 Å². The van der Waals surface area contributed by atoms with E-state index in [9.17, 15) is 0 Å². The van der Waals surface area contributed by atoms with Crippen molar-refractivity contribution in [3.05, 3.63) is 35.5 Å². The maximum absolute atomic E-state index is 3.48. The molecule has 2 nitrogen and oxygen atoms in total. The largest absolute Gasteiger partial charge is 0.341 e. The second-order valence-corrected chi connectivity index (χ2v) is 4.83. The highest BCUT2D eigenvalue weighted by Crippen LogP contribution is 2.31. The summed E-state index contributed by atoms with van der Waals surface area (Å²) in [5.74, 6) is 0. The molecule has 2 heterocycles. The van der Waals surface area contributed by atoms with Crippen LogP contribution < -0.4 is 5.32 Å². The lowest BCUT2D eigenvalue weighted by Crippen LogP contribution is -2.25. The van der Waals surface area contributed by atoms with E-state index in [1.807, 2.05) is 0 Å². The van der Waals surface area contributed by atoms with Crippen LogP contribution in [0.5, 0.6) is 0 Å². The molecule has 0 spiro atoms. The Bertz CT molecular complexity index is 528. The molecule has 0 fully saturated rings. The van der Waals surface area contributed by atoms with Gasteiger partial charge in [0, 0.05) is 29.2 Å². The van der Waals surface area contributed by atoms with Crippen molar-refractivity contribution in [3.8, 4) is 0 Å². The predicted molar refractivity (Wildman–Crippen MR) is 75.0 cm³/mol. The van der Waals surface area contributed by atoms with Crippen molar-refractivity contribution in [1.29, 1.82) is 0 Å². The molecule has 0 bridgehead atoms. The van der Waals surface area contributed by atoms with Crippen molar-refractivity contribution in [2.75, 3.05) is 6.54 Å². The number of nitrogens with one attached hydrogen (secondary N) is 1. The van der Waals surface area contributed by atoms with E-state index in [4.69, 9.17) is 0 Å². The quantitative estimate of drug-likeness (QED) is 0.822. The second-order valence-electron chi connectivity index (χ2n) is 4.83. The third-order valence-electron chi connectivity index (χ3n) is 3.49. The first-order valence-corrected chi connectivity index (χ1v) is 6.10. The number of aromatic nitrogens is 1. The van der Waals surface area contributed by atoms with Crippen LogP contribution in [0.15, 0.2) is 24.3 Å². The molecule has 0 atom stereocenters. The van der Waals surface area contributed by atoms with Crippen LogP contribution in [0.3, 0.4) is 0 Å². The highest BCUT2D eigenvalue weighted by Gasteiger charge is 2.20. The van der Waals surface area contributed by atoms with Crippen molar-refractivity contribution in [2.45, 2.75) is 32.9 Å². The van der Waals surface area contributed by atoms with Crippen molar-refractivity contribution in [1.82, 2.24) is 9.88 Å². The van der Waals surface area contributed by atoms with Gasteiger partial charge in [-0.05, 0) is 38.4 Å². The van der Waals surface area contributed by atoms with Gasteiger partial charge in [-0.25, -0.2) is 0 Å². The van der Waals surface area contributed by atoms with Gasteiger partial charge >= 0.3 is 0 Å². The fourth-order valence-electron chi connectivity index (χ4n) is 2.87. The third-order valence-corrected chi connectivity index (χ3v) is 3.49. The van der Waals surface area contributed by atoms with Crippen molar-refractivity contribution >= 4 is 23.3 Å². The second kappa shape index (κ2) is 4.71. The van der Waals surface area contributed by atoms with Gasteiger partial charge < -0.3 is 9.88 Å². The lowest BCUT2D eigenvalue weighted by Gasteiger charge is -2.19. The summed E-state index contributed by atoms with van der Waals surface area (Å²) in [6, 6.07) is 9.33. The molecule has 0 unspecified atom stereocenters. The average Bonchev–Trinajstić information content (AvgIpc) is 2.63. The fourth-order valence-corrected chi connectivity index (χ4v) is 2.87. The first-order valence-electron chi connectivity index (χ1n) is 6.10. The fraction of sp³-hybridized carbons (Fsp3) is 0.429. The van der Waals surface area contributed by atoms with E-state index in [2.05, 4.69) is 48.0 Å². The first kappa shape index (κ1) is 12.5. The summed E-state index contributed by atoms with van der Waals surface area (Å²) in [6.07, 6.45) is 1.16. The molecule has 3 heteroatoms. The number of para-hydroxylation sites is 1. The standard InChI is InChI=1S/C14H18N2.ClH/c1-10(2)16-13-6-4-3-5-11(13)12-7-8-15-9-14(12)16;/h3-6,10,15H,7-9H2,1-2H3;1H. The van der Waals surface area contributed by atoms with Gasteiger partial charge in [0.15, 0.2) is 0 Å². The topological polar surface area (TPSA) is 17.0 Å². The number of benzene rings is 1. The maximum atomic E-state index is 3.48. The van der Waals surface area contributed by atoms with E-state index in [1.54, 1.807) is 5.56 Å². The van der Waals surface area contributed by atoms with E-state index in [1.165, 1.54) is 16.6 Å². The number of hydrogen-bond acceptors (Lipinski definition) is 1. The SMILES string of the molecule is CC(C)n1c2c(c3ccccc31)CCNC2.Cl. The van der Waals surface area contributed by atoms with E-state index in [0.29, 0.717) is 6.04 Å². The van der Waals surface area contributed by atoms with E-state index >= 15 is 0 Å². The third kappa shape index (κ3) is 1.85. The molecule has 92 valence electrons. The van der Waals surface area contributed by atoms with Crippen LogP contribution in [-0.2, 0) is 13.0 Å². The normalized spacial score (nSPS) is 14.8. The summed E-state index contributed by atoms with van der Waals surface area (Å²) in [5.41, 5.74) is 4.44. The maximum Gasteiger partial charge on any atom is 0.0488 e. The zero-order valence-electron chi connectivity index (χ0n) is 10.4. The van der Waals surface area contributed by atoms with Gasteiger partial charge in [0.2, 0.25) is 0 Å². The van der Waals surface area contributed by atoms with Gasteiger partial charge in [0.25, 0.3) is 0 Å². The smallest absolute Gasteiger partial charge is 0.0488 e. The average molecular weight is 251 g/mol. The van der Waals surface area contributed by atoms with Crippen molar-refractivity contribution < 1.29 is 0 Å². The number of rotatable bonds is 1. The van der Waals surface area contributed by atoms with Crippen LogP contribution in [0.4, 0.5) is 0 Å². The van der Waals surface area contributed by atoms with Crippen LogP contribution in [0.1, 0.15) is 31.1 Å². The van der Waals surface area contributed by atoms with E-state index in [0.717, 1.165) is 19.5 Å². The summed E-state index contributed by atoms with van der Waals surface area (Å²) in [5, 5.41) is 4.93. The van der Waals surface area contributed by atoms with Crippen LogP contribution in [0.2, 0.25) is 0 Å². The number of halogens is 1. The predicted octanol–water partition coefficient (Wildman–Crippen LogP) is 3.29. The minimum atomic E-state index is 0. The lowest BCUT2D eigenvalue weighted by molar-refractivity contribution is 0.544. The molecular formula is C14H19ClN2. The highest BCUT2D eigenvalue weighted by molar-refractivity contribution is 5.86. The Hall–Kier alpha value is -0.990. The molecule has 1 aliphatic heterocycles. The van der Waals surface area contributed by atoms with Gasteiger partial charge in [-0.15, -0.1) is 12.4 Å². The summed E-state index contributed by atoms with van der Waals surface area (Å²) >= 11 is 0. The summed E-state index contributed by atoms with van der Waals surface area (Å²) in [6.45, 7) is 6.66. The number of hydrogen-bond donors (Lipinski definition) is 1. The molecule has 1 aliphatic rings. The Morgan fingerprint density at radius 3 is 2.76 bits per heavy atom. The van der Waals surface area contributed by atoms with E-state index < -0.39 is 0 Å². The minimum Gasteiger partial charge on any atom is -0.341 e. The van der Waals surface area contributed by atoms with E-state index in [-0.39, 0.29) is 12.4 Å². The monoisotopic (exact) mass is 250 g/mol. The minimum absolute atomic E-state index is 0. The van der Waals surface area contributed by atoms with Crippen LogP contribution in [-0.4, -0.2) is 11.1 Å². The van der Waals surface area contributed by atoms with Gasteiger partial charge in [0.1, 0.15) is 0 Å². The summed E-state index contributed by atoms with van der Waals surface area (Å²) in [7, 11) is 0. The molecule has 17 heavy (non-hydrogen) atoms. The Balaban J connectivity index is 0.00000108. The van der Waals surface area contributed by atoms with Crippen molar-refractivity contribution in [2.24, 2.45) is 0 Å². The molecule has 1 aromatic heterocycles. The number of nitrogens with zero attached hydrogens (tertiary/aromatic N) is 1. The molecule has 3 rings (SSSR count). The van der Waals surface area contributed by atoms with Gasteiger partial charge in [-0.2, -0.15) is 0 Å². The van der Waals surface area contributed by atoms with Crippen LogP contribution in [0, 0.1) is 0 Å². The Morgan fingerprint density at radius 1 is 1.24 bits per heavy atom. The molecule has 1 N–H and O–H groups in total. The molecule has 0 saturated heterocycles. The molecule has 2 aromatic rings. The molecule has 0 radical (unpaired) electrons. The number of fused-ring (bicyclic) bond motifs is 3. The highest BCUT2D eigenvalue weighted by atomic mass is 35.5. The lowest BCUT2D eigenvalue weighted by atomic mass is 10.0. The zero-order chi connectivity index (χ0) is 11.1. The molecule has 0 aliphatic carbocycles. The van der Waals surface area contributed by atoms with Crippen LogP contribution >= 0.6 is 12.4 Å². The Kier molecular flexibility index (Phi) is 3.45. The van der Waals surface area contributed by atoms with Crippen molar-refractivity contribution in [3.63, 3.8) is 0 Å². The molecule has 0 amide bonds. The summed E-state index contributed by atoms with van der Waals surface area (Å²) in [4.78, 5) is 0. The molecule has 1 aromatic carbocycles. The summed E-state index contributed by atoms with van der Waals surface area (Å²) < 4.78 is 2.48. The molecule has 0 saturated carbocycles. The van der Waals surface area contributed by atoms with Gasteiger partial charge in [-0.1, -0.05) is 18.2 Å². The van der Waals surface area contributed by atoms with Gasteiger partial charge in [0.05, 0.1) is 0 Å². The Morgan fingerprint density at radius 2 is 2.00 bits per heavy atom. The van der Waals surface area contributed by atoms with Crippen LogP contribution in [0.25, 0.3) is 10.9 Å². The first-order chi connectivity index (χ1) is 7.79.